The van der Waals surface area contributed by atoms with Crippen molar-refractivity contribution in [2.45, 2.75) is 77.6 Å². The molecular weight excluding hydrogens is 479 g/mol. The number of hydrogen-bond acceptors (Lipinski definition) is 4. The Bertz CT molecular complexity index is 1520. The molecule has 1 amide bonds. The Kier molecular flexibility index (Phi) is 6.08. The fourth-order valence-electron chi connectivity index (χ4n) is 6.18. The first-order valence-corrected chi connectivity index (χ1v) is 13.7. The molecule has 198 valence electrons. The number of fused-ring (bicyclic) bond motifs is 2. The van der Waals surface area contributed by atoms with E-state index in [4.69, 9.17) is 9.97 Å². The number of rotatable bonds is 4. The van der Waals surface area contributed by atoms with E-state index < -0.39 is 5.67 Å². The second-order valence-corrected chi connectivity index (χ2v) is 11.2. The van der Waals surface area contributed by atoms with Crippen molar-refractivity contribution in [2.75, 3.05) is 6.54 Å². The van der Waals surface area contributed by atoms with Crippen molar-refractivity contribution in [1.29, 1.82) is 0 Å². The molecule has 1 aliphatic heterocycles. The average molecular weight is 515 g/mol. The lowest BCUT2D eigenvalue weighted by Gasteiger charge is -2.33. The molecule has 7 nitrogen and oxygen atoms in total. The Morgan fingerprint density at radius 1 is 1.16 bits per heavy atom. The summed E-state index contributed by atoms with van der Waals surface area (Å²) in [5.41, 5.74) is 5.82. The third-order valence-corrected chi connectivity index (χ3v) is 8.37. The summed E-state index contributed by atoms with van der Waals surface area (Å²) >= 11 is 0. The molecule has 38 heavy (non-hydrogen) atoms. The van der Waals surface area contributed by atoms with Gasteiger partial charge in [-0.15, -0.1) is 0 Å². The van der Waals surface area contributed by atoms with E-state index >= 15 is 0 Å². The van der Waals surface area contributed by atoms with Crippen LogP contribution in [0.4, 0.5) is 4.39 Å². The summed E-state index contributed by atoms with van der Waals surface area (Å²) in [6, 6.07) is 8.38. The van der Waals surface area contributed by atoms with Crippen LogP contribution >= 0.6 is 0 Å². The van der Waals surface area contributed by atoms with E-state index in [0.29, 0.717) is 32.4 Å². The zero-order valence-corrected chi connectivity index (χ0v) is 22.7. The van der Waals surface area contributed by atoms with Crippen molar-refractivity contribution in [3.8, 4) is 22.5 Å². The first kappa shape index (κ1) is 24.8. The Hall–Kier alpha value is -3.55. The van der Waals surface area contributed by atoms with Crippen molar-refractivity contribution >= 4 is 16.8 Å². The number of alkyl halides is 1. The summed E-state index contributed by atoms with van der Waals surface area (Å²) in [5, 5.41) is 5.37. The molecule has 0 unspecified atom stereocenters. The predicted octanol–water partition coefficient (Wildman–Crippen LogP) is 5.95. The van der Waals surface area contributed by atoms with Gasteiger partial charge in [-0.1, -0.05) is 19.1 Å². The lowest BCUT2D eigenvalue weighted by molar-refractivity contribution is -0.132. The van der Waals surface area contributed by atoms with Gasteiger partial charge >= 0.3 is 0 Å². The number of carbonyl (C=O) groups excluding carboxylic acids is 1. The molecule has 0 saturated heterocycles. The Morgan fingerprint density at radius 3 is 2.66 bits per heavy atom. The summed E-state index contributed by atoms with van der Waals surface area (Å²) in [4.78, 5) is 24.9. The fraction of sp³-hybridized carbons (Fsp3) is 0.467. The van der Waals surface area contributed by atoms with E-state index in [2.05, 4.69) is 28.7 Å². The minimum atomic E-state index is -1.09. The molecule has 2 aliphatic rings. The lowest BCUT2D eigenvalue weighted by atomic mass is 9.80. The molecule has 4 aromatic rings. The van der Waals surface area contributed by atoms with Crippen LogP contribution in [-0.2, 0) is 24.9 Å². The second kappa shape index (κ2) is 9.33. The summed E-state index contributed by atoms with van der Waals surface area (Å²) in [7, 11) is 1.91. The highest BCUT2D eigenvalue weighted by Gasteiger charge is 2.36. The minimum absolute atomic E-state index is 0.160. The van der Waals surface area contributed by atoms with Crippen LogP contribution in [0.25, 0.3) is 33.4 Å². The summed E-state index contributed by atoms with van der Waals surface area (Å²) < 4.78 is 18.7. The van der Waals surface area contributed by atoms with Gasteiger partial charge in [0.25, 0.3) is 0 Å². The molecule has 1 aliphatic carbocycles. The molecule has 6 rings (SSSR count). The maximum Gasteiger partial charge on any atom is 0.222 e. The number of amides is 1. The van der Waals surface area contributed by atoms with E-state index in [1.807, 2.05) is 43.4 Å². The fourth-order valence-corrected chi connectivity index (χ4v) is 6.18. The molecule has 4 heterocycles. The first-order valence-electron chi connectivity index (χ1n) is 13.7. The zero-order chi connectivity index (χ0) is 26.6. The monoisotopic (exact) mass is 514 g/mol. The van der Waals surface area contributed by atoms with Crippen LogP contribution in [0, 0.1) is 6.92 Å². The quantitative estimate of drug-likeness (QED) is 0.338. The van der Waals surface area contributed by atoms with Gasteiger partial charge in [0.2, 0.25) is 5.91 Å². The second-order valence-electron chi connectivity index (χ2n) is 11.2. The van der Waals surface area contributed by atoms with Crippen LogP contribution in [0.3, 0.4) is 0 Å². The molecule has 0 spiro atoms. The summed E-state index contributed by atoms with van der Waals surface area (Å²) in [6.45, 7) is 7.65. The molecule has 0 N–H and O–H groups in total. The van der Waals surface area contributed by atoms with Crippen molar-refractivity contribution in [3.05, 3.63) is 53.7 Å². The van der Waals surface area contributed by atoms with Gasteiger partial charge in [0, 0.05) is 55.2 Å². The maximum absolute atomic E-state index is 14.6. The molecule has 0 radical (unpaired) electrons. The van der Waals surface area contributed by atoms with E-state index in [9.17, 15) is 9.18 Å². The normalized spacial score (nSPS) is 21.6. The van der Waals surface area contributed by atoms with E-state index in [0.717, 1.165) is 69.9 Å². The van der Waals surface area contributed by atoms with Gasteiger partial charge in [-0.3, -0.25) is 9.48 Å². The lowest BCUT2D eigenvalue weighted by Crippen LogP contribution is -2.38. The molecule has 0 atom stereocenters. The topological polar surface area (TPSA) is 68.8 Å². The van der Waals surface area contributed by atoms with Gasteiger partial charge in [0.1, 0.15) is 11.5 Å². The number of nitrogens with zero attached hydrogens (tertiary/aromatic N) is 6. The van der Waals surface area contributed by atoms with Crippen LogP contribution in [0.2, 0.25) is 0 Å². The van der Waals surface area contributed by atoms with Gasteiger partial charge < -0.3 is 9.47 Å². The van der Waals surface area contributed by atoms with Crippen LogP contribution in [0.15, 0.2) is 36.7 Å². The largest absolute Gasteiger partial charge is 0.335 e. The number of pyridine rings is 1. The zero-order valence-electron chi connectivity index (χ0n) is 22.7. The minimum Gasteiger partial charge on any atom is -0.335 e. The number of imidazole rings is 1. The number of halogens is 1. The van der Waals surface area contributed by atoms with Crippen molar-refractivity contribution in [1.82, 2.24) is 29.2 Å². The van der Waals surface area contributed by atoms with Gasteiger partial charge in [0.15, 0.2) is 0 Å². The average Bonchev–Trinajstić information content (AvgIpc) is 3.51. The molecule has 1 fully saturated rings. The predicted molar refractivity (Wildman–Crippen MR) is 146 cm³/mol. The Morgan fingerprint density at radius 2 is 1.95 bits per heavy atom. The van der Waals surface area contributed by atoms with Gasteiger partial charge in [0.05, 0.1) is 35.3 Å². The molecule has 0 bridgehead atoms. The molecule has 1 saturated carbocycles. The third-order valence-electron chi connectivity index (χ3n) is 8.37. The number of aromatic nitrogens is 5. The number of hydrogen-bond donors (Lipinski definition) is 0. The SMILES string of the molecule is CCC(=O)N1CCn2c(C3CCC(C)(F)CC3)nc(-c3cccc4nc(-c5cnn(C)c5)c(C)cc34)c2C1. The van der Waals surface area contributed by atoms with E-state index in [1.165, 1.54) is 0 Å². The van der Waals surface area contributed by atoms with Crippen LogP contribution in [-0.4, -0.2) is 47.3 Å². The molecular formula is C30H35FN6O. The first-order chi connectivity index (χ1) is 18.2. The van der Waals surface area contributed by atoms with Crippen LogP contribution < -0.4 is 0 Å². The number of carbonyl (C=O) groups is 1. The van der Waals surface area contributed by atoms with Crippen molar-refractivity contribution < 1.29 is 9.18 Å². The van der Waals surface area contributed by atoms with E-state index in [-0.39, 0.29) is 11.8 Å². The van der Waals surface area contributed by atoms with Gasteiger partial charge in [-0.05, 0) is 57.2 Å². The summed E-state index contributed by atoms with van der Waals surface area (Å²) in [5.74, 6) is 1.43. The van der Waals surface area contributed by atoms with Crippen molar-refractivity contribution in [2.24, 2.45) is 7.05 Å². The smallest absolute Gasteiger partial charge is 0.222 e. The highest BCUT2D eigenvalue weighted by atomic mass is 19.1. The standard InChI is InChI=1S/C30H35FN6O/c1-5-26(38)36-13-14-37-25(18-36)28(34-29(37)20-9-11-30(3,31)12-10-20)22-7-6-8-24-23(22)15-19(2)27(33-24)21-16-32-35(4)17-21/h6-8,15-17,20H,5,9-14,18H2,1-4H3. The third kappa shape index (κ3) is 4.29. The molecule has 8 heteroatoms. The summed E-state index contributed by atoms with van der Waals surface area (Å²) in [6.07, 6.45) is 7.02. The highest BCUT2D eigenvalue weighted by molar-refractivity contribution is 5.96. The van der Waals surface area contributed by atoms with Gasteiger partial charge in [-0.25, -0.2) is 14.4 Å². The number of benzene rings is 1. The Labute approximate surface area is 222 Å². The van der Waals surface area contributed by atoms with Gasteiger partial charge in [-0.2, -0.15) is 5.10 Å². The van der Waals surface area contributed by atoms with Crippen molar-refractivity contribution in [3.63, 3.8) is 0 Å². The van der Waals surface area contributed by atoms with Crippen LogP contribution in [0.1, 0.15) is 69.0 Å². The van der Waals surface area contributed by atoms with Crippen LogP contribution in [0.5, 0.6) is 0 Å². The Balaban J connectivity index is 1.48. The maximum atomic E-state index is 14.6. The molecule has 3 aromatic heterocycles. The number of aryl methyl sites for hydroxylation is 2. The van der Waals surface area contributed by atoms with E-state index in [1.54, 1.807) is 11.6 Å². The highest BCUT2D eigenvalue weighted by Crippen LogP contribution is 2.42. The molecule has 1 aromatic carbocycles.